The van der Waals surface area contributed by atoms with Gasteiger partial charge >= 0.3 is 6.09 Å². The third-order valence-corrected chi connectivity index (χ3v) is 10.8. The van der Waals surface area contributed by atoms with E-state index in [1.165, 1.54) is 23.3 Å². The Morgan fingerprint density at radius 3 is 2.44 bits per heavy atom. The Hall–Kier alpha value is -4.36. The smallest absolute Gasteiger partial charge is 0.410 e. The molecule has 1 aliphatic heterocycles. The average Bonchev–Trinajstić information content (AvgIpc) is 3.84. The molecule has 1 saturated heterocycles. The molecule has 0 bridgehead atoms. The number of aliphatic hydroxyl groups is 1. The first-order valence-electron chi connectivity index (χ1n) is 17.6. The molecular weight excluding hydrogens is 606 g/mol. The average molecular weight is 652 g/mol. The van der Waals surface area contributed by atoms with E-state index >= 15 is 0 Å². The fourth-order valence-corrected chi connectivity index (χ4v) is 7.67. The van der Waals surface area contributed by atoms with Crippen molar-refractivity contribution < 1.29 is 24.2 Å². The van der Waals surface area contributed by atoms with Gasteiger partial charge in [-0.05, 0) is 111 Å². The molecule has 10 heteroatoms. The second-order valence-corrected chi connectivity index (χ2v) is 14.1. The molecule has 1 aromatic heterocycles. The Balaban J connectivity index is 1.04. The third-order valence-electron chi connectivity index (χ3n) is 10.8. The van der Waals surface area contributed by atoms with E-state index in [0.29, 0.717) is 74.5 Å². The topological polar surface area (TPSA) is 121 Å². The third kappa shape index (κ3) is 7.07. The molecule has 0 atom stereocenters. The van der Waals surface area contributed by atoms with Gasteiger partial charge in [0.1, 0.15) is 17.9 Å². The normalized spacial score (nSPS) is 24.3. The Kier molecular flexibility index (Phi) is 9.40. The standard InChI is InChI=1S/C38H45N5O5/c1-47-36-16-11-29(17-30(36)19-39)26-7-5-25(6-8-26)21-42(33-4-2-3-28(18-33)31-20-40-43(22-31)32-12-13-32)37(45)27-9-14-35(15-10-27)48-38(46)41-23-34(44)24-41/h2-4,11,16-18,20,22,25-27,32,34-35,44H,5-10,12-15,21,23-24H2,1H3. The van der Waals surface area contributed by atoms with Crippen LogP contribution < -0.4 is 9.64 Å². The minimum Gasteiger partial charge on any atom is -0.495 e. The van der Waals surface area contributed by atoms with E-state index in [9.17, 15) is 20.0 Å². The summed E-state index contributed by atoms with van der Waals surface area (Å²) < 4.78 is 13.1. The lowest BCUT2D eigenvalue weighted by molar-refractivity contribution is -0.124. The number of nitrogens with zero attached hydrogens (tertiary/aromatic N) is 5. The number of aromatic nitrogens is 2. The van der Waals surface area contributed by atoms with Gasteiger partial charge < -0.3 is 24.4 Å². The number of ether oxygens (including phenoxy) is 2. The van der Waals surface area contributed by atoms with E-state index in [1.807, 2.05) is 35.4 Å². The number of nitriles is 1. The lowest BCUT2D eigenvalue weighted by Gasteiger charge is -2.38. The molecular formula is C38H45N5O5. The second kappa shape index (κ2) is 14.0. The number of methoxy groups -OCH3 is 1. The Labute approximate surface area is 282 Å². The predicted molar refractivity (Wildman–Crippen MR) is 181 cm³/mol. The highest BCUT2D eigenvalue weighted by Gasteiger charge is 2.36. The van der Waals surface area contributed by atoms with Gasteiger partial charge in [-0.3, -0.25) is 9.48 Å². The van der Waals surface area contributed by atoms with E-state index in [4.69, 9.17) is 9.47 Å². The zero-order chi connectivity index (χ0) is 33.2. The van der Waals surface area contributed by atoms with Crippen molar-refractivity contribution >= 4 is 17.7 Å². The van der Waals surface area contributed by atoms with Crippen LogP contribution in [0.3, 0.4) is 0 Å². The minimum absolute atomic E-state index is 0.132. The first-order valence-corrected chi connectivity index (χ1v) is 17.6. The van der Waals surface area contributed by atoms with Crippen LogP contribution >= 0.6 is 0 Å². The van der Waals surface area contributed by atoms with Crippen molar-refractivity contribution in [2.24, 2.45) is 11.8 Å². The Bertz CT molecular complexity index is 1660. The fourth-order valence-electron chi connectivity index (χ4n) is 7.67. The number of aliphatic hydroxyl groups excluding tert-OH is 1. The number of anilines is 1. The summed E-state index contributed by atoms with van der Waals surface area (Å²) in [5, 5.41) is 23.7. The van der Waals surface area contributed by atoms with Crippen LogP contribution in [-0.4, -0.2) is 70.7 Å². The molecule has 0 radical (unpaired) electrons. The van der Waals surface area contributed by atoms with Gasteiger partial charge in [0.05, 0.1) is 44.1 Å². The molecule has 4 aliphatic rings. The zero-order valence-electron chi connectivity index (χ0n) is 27.7. The molecule has 7 rings (SSSR count). The van der Waals surface area contributed by atoms with E-state index in [0.717, 1.165) is 42.5 Å². The minimum atomic E-state index is -0.460. The van der Waals surface area contributed by atoms with E-state index in [-0.39, 0.29) is 24.0 Å². The summed E-state index contributed by atoms with van der Waals surface area (Å²) >= 11 is 0. The van der Waals surface area contributed by atoms with Gasteiger partial charge in [-0.25, -0.2) is 4.79 Å². The summed E-state index contributed by atoms with van der Waals surface area (Å²) in [4.78, 5) is 30.4. The van der Waals surface area contributed by atoms with Crippen molar-refractivity contribution in [2.75, 3.05) is 31.6 Å². The van der Waals surface area contributed by atoms with Gasteiger partial charge in [0.2, 0.25) is 5.91 Å². The summed E-state index contributed by atoms with van der Waals surface area (Å²) in [6.07, 6.45) is 12.0. The van der Waals surface area contributed by atoms with Crippen LogP contribution in [0.4, 0.5) is 10.5 Å². The van der Waals surface area contributed by atoms with E-state index in [2.05, 4.69) is 40.2 Å². The summed E-state index contributed by atoms with van der Waals surface area (Å²) in [5.74, 6) is 1.37. The number of benzene rings is 2. The SMILES string of the molecule is COc1ccc(C2CCC(CN(C(=O)C3CCC(OC(=O)N4CC(O)C4)CC3)c3cccc(-c4cnn(C5CC5)c4)c3)CC2)cc1C#N. The highest BCUT2D eigenvalue weighted by molar-refractivity contribution is 5.95. The lowest BCUT2D eigenvalue weighted by Crippen LogP contribution is -2.54. The molecule has 252 valence electrons. The van der Waals surface area contributed by atoms with Crippen LogP contribution in [0.1, 0.15) is 87.3 Å². The second-order valence-electron chi connectivity index (χ2n) is 14.1. The predicted octanol–water partition coefficient (Wildman–Crippen LogP) is 6.44. The quantitative estimate of drug-likeness (QED) is 0.283. The molecule has 4 fully saturated rings. The van der Waals surface area contributed by atoms with Crippen molar-refractivity contribution in [2.45, 2.75) is 88.4 Å². The first-order chi connectivity index (χ1) is 23.4. The molecule has 1 N–H and O–H groups in total. The Morgan fingerprint density at radius 1 is 0.979 bits per heavy atom. The van der Waals surface area contributed by atoms with Crippen LogP contribution in [0.15, 0.2) is 54.9 Å². The van der Waals surface area contributed by atoms with Crippen molar-refractivity contribution in [1.29, 1.82) is 5.26 Å². The number of amides is 2. The molecule has 0 spiro atoms. The number of rotatable bonds is 9. The summed E-state index contributed by atoms with van der Waals surface area (Å²) in [6, 6.07) is 17.0. The van der Waals surface area contributed by atoms with Gasteiger partial charge in [-0.15, -0.1) is 0 Å². The molecule has 48 heavy (non-hydrogen) atoms. The Morgan fingerprint density at radius 2 is 1.75 bits per heavy atom. The first kappa shape index (κ1) is 32.2. The molecule has 3 saturated carbocycles. The van der Waals surface area contributed by atoms with Crippen LogP contribution in [0.2, 0.25) is 0 Å². The van der Waals surface area contributed by atoms with Crippen LogP contribution in [0.25, 0.3) is 11.1 Å². The van der Waals surface area contributed by atoms with Gasteiger partial charge in [-0.1, -0.05) is 18.2 Å². The monoisotopic (exact) mass is 651 g/mol. The number of carbonyl (C=O) groups is 2. The fraction of sp³-hybridized carbons (Fsp3) is 0.526. The molecule has 3 aliphatic carbocycles. The van der Waals surface area contributed by atoms with Crippen LogP contribution in [0, 0.1) is 23.2 Å². The number of hydrogen-bond donors (Lipinski definition) is 1. The zero-order valence-corrected chi connectivity index (χ0v) is 27.7. The number of β-amino-alcohol motifs (C(OH)–C–C–N with tert-alkyl or cyclic N) is 1. The van der Waals surface area contributed by atoms with Crippen molar-refractivity contribution in [3.05, 3.63) is 66.0 Å². The number of likely N-dealkylation sites (tertiary alicyclic amines) is 1. The maximum atomic E-state index is 14.4. The van der Waals surface area contributed by atoms with E-state index < -0.39 is 6.10 Å². The summed E-state index contributed by atoms with van der Waals surface area (Å²) in [7, 11) is 1.59. The maximum Gasteiger partial charge on any atom is 0.410 e. The molecule has 3 aromatic rings. The highest BCUT2D eigenvalue weighted by atomic mass is 16.6. The molecule has 2 amide bonds. The molecule has 2 aromatic carbocycles. The summed E-state index contributed by atoms with van der Waals surface area (Å²) in [6.45, 7) is 1.31. The van der Waals surface area contributed by atoms with E-state index in [1.54, 1.807) is 7.11 Å². The largest absolute Gasteiger partial charge is 0.495 e. The highest BCUT2D eigenvalue weighted by Crippen LogP contribution is 2.40. The molecule has 10 nitrogen and oxygen atoms in total. The van der Waals surface area contributed by atoms with Gasteiger partial charge in [-0.2, -0.15) is 10.4 Å². The maximum absolute atomic E-state index is 14.4. The van der Waals surface area contributed by atoms with Crippen molar-refractivity contribution in [3.63, 3.8) is 0 Å². The number of carbonyl (C=O) groups excluding carboxylic acids is 2. The molecule has 2 heterocycles. The number of hydrogen-bond acceptors (Lipinski definition) is 7. The lowest BCUT2D eigenvalue weighted by atomic mass is 9.78. The van der Waals surface area contributed by atoms with Crippen LogP contribution in [0.5, 0.6) is 5.75 Å². The molecule has 0 unspecified atom stereocenters. The van der Waals surface area contributed by atoms with Gasteiger partial charge in [0, 0.05) is 29.9 Å². The summed E-state index contributed by atoms with van der Waals surface area (Å²) in [5.41, 5.74) is 4.78. The van der Waals surface area contributed by atoms with Crippen molar-refractivity contribution in [1.82, 2.24) is 14.7 Å². The van der Waals surface area contributed by atoms with Crippen molar-refractivity contribution in [3.8, 4) is 22.9 Å². The van der Waals surface area contributed by atoms with Gasteiger partial charge in [0.15, 0.2) is 0 Å². The van der Waals surface area contributed by atoms with Gasteiger partial charge in [0.25, 0.3) is 0 Å². The van der Waals surface area contributed by atoms with Crippen LogP contribution in [-0.2, 0) is 9.53 Å².